The summed E-state index contributed by atoms with van der Waals surface area (Å²) >= 11 is 0. The van der Waals surface area contributed by atoms with E-state index in [-0.39, 0.29) is 0 Å². The van der Waals surface area contributed by atoms with Gasteiger partial charge in [0, 0.05) is 18.6 Å². The van der Waals surface area contributed by atoms with E-state index >= 15 is 0 Å². The van der Waals surface area contributed by atoms with E-state index in [9.17, 15) is 0 Å². The fraction of sp³-hybridized carbons (Fsp3) is 1.00. The molecule has 3 unspecified atom stereocenters. The number of nitrogens with zero attached hydrogens (tertiary/aromatic N) is 1. The normalized spacial score (nSPS) is 34.4. The van der Waals surface area contributed by atoms with E-state index in [0.29, 0.717) is 5.41 Å². The quantitative estimate of drug-likeness (QED) is 0.767. The number of hydrogen-bond acceptors (Lipinski definition) is 2. The molecule has 0 radical (unpaired) electrons. The van der Waals surface area contributed by atoms with Gasteiger partial charge in [0.2, 0.25) is 0 Å². The van der Waals surface area contributed by atoms with Gasteiger partial charge in [-0.3, -0.25) is 4.90 Å². The van der Waals surface area contributed by atoms with Crippen molar-refractivity contribution < 1.29 is 0 Å². The molecule has 2 nitrogen and oxygen atoms in total. The highest BCUT2D eigenvalue weighted by molar-refractivity contribution is 4.98. The van der Waals surface area contributed by atoms with Crippen LogP contribution < -0.4 is 5.73 Å². The fourth-order valence-electron chi connectivity index (χ4n) is 4.45. The zero-order valence-electron chi connectivity index (χ0n) is 14.5. The van der Waals surface area contributed by atoms with Gasteiger partial charge in [-0.15, -0.1) is 0 Å². The summed E-state index contributed by atoms with van der Waals surface area (Å²) in [5.74, 6) is 2.67. The van der Waals surface area contributed by atoms with Gasteiger partial charge in [-0.25, -0.2) is 0 Å². The van der Waals surface area contributed by atoms with Crippen LogP contribution in [0.1, 0.15) is 72.1 Å². The summed E-state index contributed by atoms with van der Waals surface area (Å²) in [6.45, 7) is 9.62. The van der Waals surface area contributed by atoms with Gasteiger partial charge in [0.15, 0.2) is 0 Å². The van der Waals surface area contributed by atoms with Crippen molar-refractivity contribution in [2.24, 2.45) is 28.9 Å². The molecule has 0 aromatic heterocycles. The Bertz CT molecular complexity index is 343. The van der Waals surface area contributed by atoms with Crippen LogP contribution in [0, 0.1) is 23.2 Å². The molecule has 3 atom stereocenters. The zero-order valence-corrected chi connectivity index (χ0v) is 14.5. The zero-order chi connectivity index (χ0) is 15.0. The Labute approximate surface area is 131 Å². The Hall–Kier alpha value is -0.0800. The minimum absolute atomic E-state index is 0.507. The summed E-state index contributed by atoms with van der Waals surface area (Å²) in [6.07, 6.45) is 11.3. The summed E-state index contributed by atoms with van der Waals surface area (Å²) in [4.78, 5) is 2.92. The Morgan fingerprint density at radius 2 is 1.76 bits per heavy atom. The van der Waals surface area contributed by atoms with E-state index < -0.39 is 0 Å². The molecule has 0 aromatic carbocycles. The molecule has 3 fully saturated rings. The summed E-state index contributed by atoms with van der Waals surface area (Å²) in [7, 11) is 0. The smallest absolute Gasteiger partial charge is 0.0141 e. The van der Waals surface area contributed by atoms with Crippen LogP contribution in [-0.4, -0.2) is 30.1 Å². The molecule has 3 aliphatic rings. The molecule has 21 heavy (non-hydrogen) atoms. The van der Waals surface area contributed by atoms with E-state index in [1.165, 1.54) is 57.9 Å². The number of rotatable bonds is 7. The van der Waals surface area contributed by atoms with Crippen molar-refractivity contribution in [3.8, 4) is 0 Å². The first kappa shape index (κ1) is 15.8. The lowest BCUT2D eigenvalue weighted by Crippen LogP contribution is -2.50. The molecule has 122 valence electrons. The SMILES string of the molecule is CCC(C)(C)C1CCC(CN)C(N(CC2CC2)C2CC2)C1. The first-order valence-electron chi connectivity index (χ1n) is 9.51. The van der Waals surface area contributed by atoms with E-state index in [0.717, 1.165) is 36.4 Å². The first-order chi connectivity index (χ1) is 10.0. The molecular formula is C19H36N2. The maximum Gasteiger partial charge on any atom is 0.0141 e. The molecule has 3 saturated carbocycles. The number of nitrogens with two attached hydrogens (primary N) is 1. The Balaban J connectivity index is 1.71. The third-order valence-corrected chi connectivity index (χ3v) is 6.88. The minimum atomic E-state index is 0.507. The molecule has 0 saturated heterocycles. The molecule has 2 N–H and O–H groups in total. The highest BCUT2D eigenvalue weighted by Gasteiger charge is 2.44. The van der Waals surface area contributed by atoms with Gasteiger partial charge < -0.3 is 5.73 Å². The molecule has 2 heteroatoms. The first-order valence-corrected chi connectivity index (χ1v) is 9.51. The summed E-state index contributed by atoms with van der Waals surface area (Å²) in [5, 5.41) is 0. The standard InChI is InChI=1S/C19H36N2/c1-4-19(2,3)16-8-7-15(12-20)18(11-16)21(17-9-10-17)13-14-5-6-14/h14-18H,4-13,20H2,1-3H3. The van der Waals surface area contributed by atoms with Gasteiger partial charge >= 0.3 is 0 Å². The average Bonchev–Trinajstić information content (AvgIpc) is 3.37. The van der Waals surface area contributed by atoms with Gasteiger partial charge in [0.1, 0.15) is 0 Å². The molecular weight excluding hydrogens is 256 g/mol. The van der Waals surface area contributed by atoms with Crippen LogP contribution in [0.3, 0.4) is 0 Å². The third kappa shape index (κ3) is 3.64. The van der Waals surface area contributed by atoms with Gasteiger partial charge in [-0.1, -0.05) is 27.2 Å². The Kier molecular flexibility index (Phi) is 4.66. The van der Waals surface area contributed by atoms with Gasteiger partial charge in [0.05, 0.1) is 0 Å². The predicted molar refractivity (Wildman–Crippen MR) is 90.2 cm³/mol. The van der Waals surface area contributed by atoms with Gasteiger partial charge in [-0.2, -0.15) is 0 Å². The second-order valence-electron chi connectivity index (χ2n) is 8.79. The van der Waals surface area contributed by atoms with Crippen LogP contribution in [0.5, 0.6) is 0 Å². The van der Waals surface area contributed by atoms with Crippen molar-refractivity contribution in [3.05, 3.63) is 0 Å². The molecule has 0 aliphatic heterocycles. The molecule has 0 bridgehead atoms. The molecule has 0 spiro atoms. The highest BCUT2D eigenvalue weighted by atomic mass is 15.2. The molecule has 0 amide bonds. The average molecular weight is 293 g/mol. The monoisotopic (exact) mass is 292 g/mol. The third-order valence-electron chi connectivity index (χ3n) is 6.88. The van der Waals surface area contributed by atoms with Crippen molar-refractivity contribution in [1.29, 1.82) is 0 Å². The van der Waals surface area contributed by atoms with Crippen LogP contribution in [0.4, 0.5) is 0 Å². The molecule has 3 aliphatic carbocycles. The van der Waals surface area contributed by atoms with Crippen LogP contribution in [0.15, 0.2) is 0 Å². The van der Waals surface area contributed by atoms with Gasteiger partial charge in [-0.05, 0) is 74.7 Å². The highest BCUT2D eigenvalue weighted by Crippen LogP contribution is 2.46. The van der Waals surface area contributed by atoms with Crippen molar-refractivity contribution in [3.63, 3.8) is 0 Å². The largest absolute Gasteiger partial charge is 0.330 e. The van der Waals surface area contributed by atoms with Crippen molar-refractivity contribution in [2.75, 3.05) is 13.1 Å². The topological polar surface area (TPSA) is 29.3 Å². The van der Waals surface area contributed by atoms with E-state index in [4.69, 9.17) is 5.73 Å². The van der Waals surface area contributed by atoms with Crippen LogP contribution in [0.25, 0.3) is 0 Å². The van der Waals surface area contributed by atoms with Crippen molar-refractivity contribution >= 4 is 0 Å². The lowest BCUT2D eigenvalue weighted by Gasteiger charge is -2.47. The second kappa shape index (κ2) is 6.20. The lowest BCUT2D eigenvalue weighted by atomic mass is 9.65. The van der Waals surface area contributed by atoms with Crippen molar-refractivity contribution in [1.82, 2.24) is 4.90 Å². The molecule has 0 heterocycles. The van der Waals surface area contributed by atoms with Gasteiger partial charge in [0.25, 0.3) is 0 Å². The maximum atomic E-state index is 6.16. The fourth-order valence-corrected chi connectivity index (χ4v) is 4.45. The Morgan fingerprint density at radius 3 is 2.29 bits per heavy atom. The lowest BCUT2D eigenvalue weighted by molar-refractivity contribution is 0.0306. The minimum Gasteiger partial charge on any atom is -0.330 e. The molecule has 0 aromatic rings. The molecule has 3 rings (SSSR count). The van der Waals surface area contributed by atoms with Crippen LogP contribution >= 0.6 is 0 Å². The van der Waals surface area contributed by atoms with Crippen LogP contribution in [-0.2, 0) is 0 Å². The second-order valence-corrected chi connectivity index (χ2v) is 8.79. The Morgan fingerprint density at radius 1 is 1.05 bits per heavy atom. The summed E-state index contributed by atoms with van der Waals surface area (Å²) in [5.41, 5.74) is 6.67. The maximum absolute atomic E-state index is 6.16. The number of hydrogen-bond donors (Lipinski definition) is 1. The van der Waals surface area contributed by atoms with E-state index in [1.807, 2.05) is 0 Å². The summed E-state index contributed by atoms with van der Waals surface area (Å²) in [6, 6.07) is 1.70. The van der Waals surface area contributed by atoms with Crippen LogP contribution in [0.2, 0.25) is 0 Å². The van der Waals surface area contributed by atoms with E-state index in [1.54, 1.807) is 0 Å². The summed E-state index contributed by atoms with van der Waals surface area (Å²) < 4.78 is 0. The predicted octanol–water partition coefficient (Wildman–Crippen LogP) is 4.04. The van der Waals surface area contributed by atoms with Crippen molar-refractivity contribution in [2.45, 2.75) is 84.2 Å². The van der Waals surface area contributed by atoms with E-state index in [2.05, 4.69) is 25.7 Å².